The lowest BCUT2D eigenvalue weighted by Gasteiger charge is -2.34. The van der Waals surface area contributed by atoms with Crippen LogP contribution in [0.15, 0.2) is 18.2 Å². The number of alkyl halides is 3. The molecule has 0 saturated carbocycles. The molecule has 0 saturated heterocycles. The summed E-state index contributed by atoms with van der Waals surface area (Å²) in [7, 11) is -0.648. The normalized spacial score (nSPS) is 21.6. The summed E-state index contributed by atoms with van der Waals surface area (Å²) in [6.07, 6.45) is -4.99. The molecule has 5 nitrogen and oxygen atoms in total. The van der Waals surface area contributed by atoms with Crippen molar-refractivity contribution < 1.29 is 31.6 Å². The number of methoxy groups -OCH3 is 1. The van der Waals surface area contributed by atoms with Gasteiger partial charge in [0.2, 0.25) is 0 Å². The van der Waals surface area contributed by atoms with Crippen LogP contribution >= 0.6 is 0 Å². The molecule has 0 fully saturated rings. The predicted molar refractivity (Wildman–Crippen MR) is 95.5 cm³/mol. The fourth-order valence-corrected chi connectivity index (χ4v) is 4.58. The summed E-state index contributed by atoms with van der Waals surface area (Å²) in [4.78, 5) is 12.1. The summed E-state index contributed by atoms with van der Waals surface area (Å²) < 4.78 is 65.0. The number of carbonyl (C=O) groups excluding carboxylic acids is 1. The van der Waals surface area contributed by atoms with Crippen molar-refractivity contribution in [1.29, 1.82) is 0 Å². The molecule has 0 radical (unpaired) electrons. The van der Waals surface area contributed by atoms with E-state index in [1.807, 2.05) is 0 Å². The Morgan fingerprint density at radius 2 is 1.85 bits per heavy atom. The van der Waals surface area contributed by atoms with Crippen molar-refractivity contribution in [3.8, 4) is 5.75 Å². The van der Waals surface area contributed by atoms with Gasteiger partial charge in [0.25, 0.3) is 0 Å². The van der Waals surface area contributed by atoms with E-state index in [1.54, 1.807) is 27.7 Å². The minimum Gasteiger partial charge on any atom is -0.497 e. The first-order valence-electron chi connectivity index (χ1n) is 8.52. The number of nitrogens with zero attached hydrogens (tertiary/aromatic N) is 1. The highest BCUT2D eigenvalue weighted by Gasteiger charge is 2.56. The van der Waals surface area contributed by atoms with Gasteiger partial charge in [-0.1, -0.05) is 6.07 Å². The lowest BCUT2D eigenvalue weighted by Crippen LogP contribution is -2.43. The maximum atomic E-state index is 14.0. The SMILES string of the molecule is CCOC(=O)C[C@H]1c2ccc(OC)cc2[C@@H](C(F)(F)F)N1S(=O)C(C)(C)C. The summed E-state index contributed by atoms with van der Waals surface area (Å²) in [6, 6.07) is 1.23. The zero-order chi connectivity index (χ0) is 20.6. The standard InChI is InChI=1S/C18H24F3NO4S/c1-6-26-15(23)10-14-12-8-7-11(25-5)9-13(12)16(18(19,20)21)22(14)27(24)17(2,3)4/h7-9,14,16H,6,10H2,1-5H3/t14-,16-,27?/m0/s1. The molecule has 9 heteroatoms. The second kappa shape index (κ2) is 7.79. The Labute approximate surface area is 159 Å². The first-order valence-corrected chi connectivity index (χ1v) is 9.63. The molecular formula is C18H24F3NO4S. The molecule has 1 aliphatic heterocycles. The highest BCUT2D eigenvalue weighted by Crippen LogP contribution is 2.53. The molecular weight excluding hydrogens is 383 g/mol. The van der Waals surface area contributed by atoms with Gasteiger partial charge in [-0.05, 0) is 51.0 Å². The third-order valence-electron chi connectivity index (χ3n) is 4.20. The average molecular weight is 407 g/mol. The third-order valence-corrected chi connectivity index (χ3v) is 6.10. The Balaban J connectivity index is 2.63. The summed E-state index contributed by atoms with van der Waals surface area (Å²) in [5.74, 6) is -0.371. The fourth-order valence-electron chi connectivity index (χ4n) is 3.10. The van der Waals surface area contributed by atoms with E-state index in [2.05, 4.69) is 0 Å². The highest BCUT2D eigenvalue weighted by atomic mass is 32.2. The average Bonchev–Trinajstić information content (AvgIpc) is 2.86. The number of hydrogen-bond acceptors (Lipinski definition) is 4. The van der Waals surface area contributed by atoms with Gasteiger partial charge in [-0.15, -0.1) is 0 Å². The number of ether oxygens (including phenoxy) is 2. The van der Waals surface area contributed by atoms with Crippen LogP contribution in [0.25, 0.3) is 0 Å². The Hall–Kier alpha value is -1.61. The lowest BCUT2D eigenvalue weighted by molar-refractivity contribution is -0.174. The van der Waals surface area contributed by atoms with Crippen molar-refractivity contribution >= 4 is 17.0 Å². The first kappa shape index (κ1) is 21.7. The molecule has 1 aliphatic rings. The van der Waals surface area contributed by atoms with Crippen LogP contribution in [0.5, 0.6) is 5.75 Å². The Kier molecular flexibility index (Phi) is 6.26. The molecule has 1 unspecified atom stereocenters. The molecule has 1 aromatic carbocycles. The van der Waals surface area contributed by atoms with E-state index in [1.165, 1.54) is 25.3 Å². The van der Waals surface area contributed by atoms with Crippen LogP contribution in [0.4, 0.5) is 13.2 Å². The molecule has 27 heavy (non-hydrogen) atoms. The molecule has 1 heterocycles. The van der Waals surface area contributed by atoms with Crippen LogP contribution < -0.4 is 4.74 Å². The van der Waals surface area contributed by atoms with Gasteiger partial charge >= 0.3 is 12.1 Å². The molecule has 0 N–H and O–H groups in total. The molecule has 152 valence electrons. The summed E-state index contributed by atoms with van der Waals surface area (Å²) >= 11 is 0. The second-order valence-corrected chi connectivity index (χ2v) is 9.33. The quantitative estimate of drug-likeness (QED) is 0.691. The first-order chi connectivity index (χ1) is 12.4. The Morgan fingerprint density at radius 1 is 1.22 bits per heavy atom. The van der Waals surface area contributed by atoms with E-state index in [4.69, 9.17) is 9.47 Å². The lowest BCUT2D eigenvalue weighted by atomic mass is 9.99. The van der Waals surface area contributed by atoms with E-state index in [0.717, 1.165) is 4.31 Å². The maximum absolute atomic E-state index is 14.0. The Bertz CT molecular complexity index is 730. The van der Waals surface area contributed by atoms with Crippen LogP contribution in [0, 0.1) is 0 Å². The number of carbonyl (C=O) groups is 1. The van der Waals surface area contributed by atoms with Gasteiger partial charge in [-0.3, -0.25) is 4.79 Å². The van der Waals surface area contributed by atoms with Crippen molar-refractivity contribution in [1.82, 2.24) is 4.31 Å². The van der Waals surface area contributed by atoms with Gasteiger partial charge in [-0.2, -0.15) is 17.5 Å². The van der Waals surface area contributed by atoms with Crippen LogP contribution in [-0.4, -0.2) is 39.1 Å². The molecule has 0 amide bonds. The van der Waals surface area contributed by atoms with Gasteiger partial charge in [0.1, 0.15) is 22.8 Å². The molecule has 1 aromatic rings. The number of hydrogen-bond donors (Lipinski definition) is 0. The van der Waals surface area contributed by atoms with Gasteiger partial charge < -0.3 is 9.47 Å². The van der Waals surface area contributed by atoms with Crippen molar-refractivity contribution in [3.63, 3.8) is 0 Å². The fraction of sp³-hybridized carbons (Fsp3) is 0.611. The zero-order valence-electron chi connectivity index (χ0n) is 15.9. The maximum Gasteiger partial charge on any atom is 0.409 e. The molecule has 0 aromatic heterocycles. The molecule has 0 bridgehead atoms. The van der Waals surface area contributed by atoms with E-state index >= 15 is 0 Å². The number of benzene rings is 1. The monoisotopic (exact) mass is 407 g/mol. The van der Waals surface area contributed by atoms with Crippen molar-refractivity contribution in [3.05, 3.63) is 29.3 Å². The van der Waals surface area contributed by atoms with Crippen LogP contribution in [0.3, 0.4) is 0 Å². The summed E-state index contributed by atoms with van der Waals surface area (Å²) in [5.41, 5.74) is 0.262. The largest absolute Gasteiger partial charge is 0.497 e. The van der Waals surface area contributed by atoms with E-state index in [0.29, 0.717) is 5.56 Å². The smallest absolute Gasteiger partial charge is 0.409 e. The van der Waals surface area contributed by atoms with Crippen LogP contribution in [0.1, 0.15) is 57.3 Å². The van der Waals surface area contributed by atoms with E-state index < -0.39 is 40.0 Å². The second-order valence-electron chi connectivity index (χ2n) is 7.19. The number of esters is 1. The van der Waals surface area contributed by atoms with E-state index in [-0.39, 0.29) is 24.3 Å². The predicted octanol–water partition coefficient (Wildman–Crippen LogP) is 4.07. The molecule has 0 aliphatic carbocycles. The van der Waals surface area contributed by atoms with Crippen molar-refractivity contribution in [2.75, 3.05) is 13.7 Å². The summed E-state index contributed by atoms with van der Waals surface area (Å²) in [5, 5.41) is 0. The van der Waals surface area contributed by atoms with Crippen molar-refractivity contribution in [2.24, 2.45) is 0 Å². The zero-order valence-corrected chi connectivity index (χ0v) is 16.7. The van der Waals surface area contributed by atoms with Gasteiger partial charge in [-0.25, -0.2) is 4.21 Å². The topological polar surface area (TPSA) is 55.8 Å². The van der Waals surface area contributed by atoms with Gasteiger partial charge in [0.15, 0.2) is 0 Å². The third kappa shape index (κ3) is 4.45. The van der Waals surface area contributed by atoms with Crippen LogP contribution in [0.2, 0.25) is 0 Å². The summed E-state index contributed by atoms with van der Waals surface area (Å²) in [6.45, 7) is 6.53. The molecule has 2 rings (SSSR count). The van der Waals surface area contributed by atoms with Gasteiger partial charge in [0, 0.05) is 0 Å². The number of halogens is 3. The number of fused-ring (bicyclic) bond motifs is 1. The van der Waals surface area contributed by atoms with Gasteiger partial charge in [0.05, 0.1) is 30.9 Å². The minimum absolute atomic E-state index is 0.0475. The highest BCUT2D eigenvalue weighted by molar-refractivity contribution is 7.84. The van der Waals surface area contributed by atoms with Crippen molar-refractivity contribution in [2.45, 2.75) is 57.1 Å². The number of rotatable bonds is 5. The van der Waals surface area contributed by atoms with E-state index in [9.17, 15) is 22.2 Å². The Morgan fingerprint density at radius 3 is 2.33 bits per heavy atom. The minimum atomic E-state index is -4.68. The molecule has 3 atom stereocenters. The molecule has 0 spiro atoms. The van der Waals surface area contributed by atoms with Crippen LogP contribution in [-0.2, 0) is 20.5 Å².